The molecule has 13 heavy (non-hydrogen) atoms. The molecular formula is C6H4BBrO2S3. The van der Waals surface area contributed by atoms with Crippen LogP contribution >= 0.6 is 38.6 Å². The third-order valence-corrected chi connectivity index (χ3v) is 5.26. The first kappa shape index (κ1) is 11.4. The molecule has 0 radical (unpaired) electrons. The molecule has 0 fully saturated rings. The van der Waals surface area contributed by atoms with Crippen LogP contribution in [0, 0.1) is 0 Å². The summed E-state index contributed by atoms with van der Waals surface area (Å²) in [6, 6.07) is 6.42. The quantitative estimate of drug-likeness (QED) is 0.634. The molecule has 0 amide bonds. The zero-order valence-corrected chi connectivity index (χ0v) is 10.3. The Morgan fingerprint density at radius 1 is 1.31 bits per heavy atom. The Morgan fingerprint density at radius 2 is 1.85 bits per heavy atom. The van der Waals surface area contributed by atoms with E-state index < -0.39 is 8.87 Å². The van der Waals surface area contributed by atoms with Gasteiger partial charge in [0.05, 0.1) is 0 Å². The van der Waals surface area contributed by atoms with Crippen molar-refractivity contribution in [1.29, 1.82) is 0 Å². The SMILES string of the molecule is O=S(=O)(SB=S)c1ccc(Br)cc1. The summed E-state index contributed by atoms with van der Waals surface area (Å²) < 4.78 is 23.6. The van der Waals surface area contributed by atoms with Crippen LogP contribution in [0.3, 0.4) is 0 Å². The summed E-state index contributed by atoms with van der Waals surface area (Å²) in [5, 5.41) is 0. The van der Waals surface area contributed by atoms with Crippen molar-refractivity contribution < 1.29 is 8.42 Å². The summed E-state index contributed by atoms with van der Waals surface area (Å²) in [5.41, 5.74) is 1.14. The van der Waals surface area contributed by atoms with Gasteiger partial charge in [0, 0.05) is 0 Å². The fourth-order valence-corrected chi connectivity index (χ4v) is 3.56. The second kappa shape index (κ2) is 4.68. The first-order valence-corrected chi connectivity index (χ1v) is 7.33. The molecule has 0 aliphatic rings. The van der Waals surface area contributed by atoms with E-state index in [1.54, 1.807) is 12.1 Å². The molecule has 1 rings (SSSR count). The molecule has 0 N–H and O–H groups in total. The monoisotopic (exact) mass is 294 g/mol. The van der Waals surface area contributed by atoms with Gasteiger partial charge < -0.3 is 0 Å². The standard InChI is InChI=1S/C6H4BBrO2S3/c8-5-1-3-6(4-2-5)13(9,10)12-7-11/h1-4H. The third kappa shape index (κ3) is 3.16. The van der Waals surface area contributed by atoms with Gasteiger partial charge in [0.2, 0.25) is 0 Å². The summed E-state index contributed by atoms with van der Waals surface area (Å²) in [4.78, 5) is 0.266. The average molecular weight is 295 g/mol. The third-order valence-electron chi connectivity index (χ3n) is 1.27. The fourth-order valence-electron chi connectivity index (χ4n) is 0.709. The van der Waals surface area contributed by atoms with Crippen molar-refractivity contribution in [2.24, 2.45) is 0 Å². The van der Waals surface area contributed by atoms with E-state index in [4.69, 9.17) is 0 Å². The molecule has 0 spiro atoms. The van der Waals surface area contributed by atoms with Crippen LogP contribution in [0.1, 0.15) is 0 Å². The Kier molecular flexibility index (Phi) is 4.09. The predicted octanol–water partition coefficient (Wildman–Crippen LogP) is 2.60. The van der Waals surface area contributed by atoms with Crippen LogP contribution in [0.2, 0.25) is 0 Å². The van der Waals surface area contributed by atoms with Crippen molar-refractivity contribution in [1.82, 2.24) is 0 Å². The van der Waals surface area contributed by atoms with Crippen LogP contribution < -0.4 is 0 Å². The summed E-state index contributed by atoms with van der Waals surface area (Å²) in [7, 11) is -2.65. The molecule has 7 heteroatoms. The van der Waals surface area contributed by atoms with Crippen molar-refractivity contribution in [3.05, 3.63) is 28.7 Å². The van der Waals surface area contributed by atoms with Crippen molar-refractivity contribution in [2.75, 3.05) is 0 Å². The molecule has 0 unspecified atom stereocenters. The van der Waals surface area contributed by atoms with Gasteiger partial charge in [-0.3, -0.25) is 0 Å². The van der Waals surface area contributed by atoms with Gasteiger partial charge in [0.1, 0.15) is 0 Å². The van der Waals surface area contributed by atoms with Gasteiger partial charge >= 0.3 is 95.0 Å². The van der Waals surface area contributed by atoms with Gasteiger partial charge in [0.15, 0.2) is 0 Å². The first-order chi connectivity index (χ1) is 6.06. The van der Waals surface area contributed by atoms with E-state index in [-0.39, 0.29) is 4.90 Å². The Bertz CT molecular complexity index is 400. The van der Waals surface area contributed by atoms with Crippen LogP contribution in [0.25, 0.3) is 0 Å². The van der Waals surface area contributed by atoms with Gasteiger partial charge in [-0.1, -0.05) is 0 Å². The Hall–Kier alpha value is 0.285. The summed E-state index contributed by atoms with van der Waals surface area (Å²) in [6.07, 6.45) is 0. The minimum atomic E-state index is -3.29. The van der Waals surface area contributed by atoms with E-state index in [0.29, 0.717) is 10.6 Å². The summed E-state index contributed by atoms with van der Waals surface area (Å²) in [5.74, 6) is 0. The van der Waals surface area contributed by atoms with E-state index in [9.17, 15) is 8.42 Å². The van der Waals surface area contributed by atoms with Crippen LogP contribution in [0.4, 0.5) is 0 Å². The van der Waals surface area contributed by atoms with Crippen LogP contribution in [-0.2, 0) is 8.87 Å². The summed E-state index contributed by atoms with van der Waals surface area (Å²) >= 11 is 7.70. The maximum atomic E-state index is 11.4. The summed E-state index contributed by atoms with van der Waals surface area (Å²) in [6.45, 7) is 0. The van der Waals surface area contributed by atoms with E-state index in [0.717, 1.165) is 9.91 Å². The number of benzene rings is 1. The number of hydrogen-bond donors (Lipinski definition) is 0. The molecule has 0 aliphatic carbocycles. The second-order valence-corrected chi connectivity index (χ2v) is 7.25. The molecule has 0 saturated heterocycles. The van der Waals surface area contributed by atoms with Gasteiger partial charge in [-0.05, 0) is 0 Å². The van der Waals surface area contributed by atoms with E-state index in [2.05, 4.69) is 28.0 Å². The number of halogens is 1. The van der Waals surface area contributed by atoms with E-state index in [1.165, 1.54) is 12.1 Å². The Labute approximate surface area is 94.6 Å². The molecule has 1 aromatic carbocycles. The number of rotatable bonds is 3. The van der Waals surface area contributed by atoms with Crippen molar-refractivity contribution >= 4 is 52.9 Å². The fraction of sp³-hybridized carbons (Fsp3) is 0. The van der Waals surface area contributed by atoms with Gasteiger partial charge in [-0.15, -0.1) is 0 Å². The van der Waals surface area contributed by atoms with E-state index >= 15 is 0 Å². The predicted molar refractivity (Wildman–Crippen MR) is 62.3 cm³/mol. The zero-order chi connectivity index (χ0) is 9.90. The number of hydrogen-bond acceptors (Lipinski definition) is 4. The Morgan fingerprint density at radius 3 is 2.31 bits per heavy atom. The molecule has 0 bridgehead atoms. The average Bonchev–Trinajstić information content (AvgIpc) is 2.05. The Balaban J connectivity index is 3.08. The molecule has 0 aromatic heterocycles. The van der Waals surface area contributed by atoms with Crippen molar-refractivity contribution in [3.8, 4) is 0 Å². The normalized spacial score (nSPS) is 10.8. The van der Waals surface area contributed by atoms with Crippen LogP contribution in [0.15, 0.2) is 33.6 Å². The van der Waals surface area contributed by atoms with Gasteiger partial charge in [-0.2, -0.15) is 0 Å². The van der Waals surface area contributed by atoms with Gasteiger partial charge in [-0.25, -0.2) is 0 Å². The molecule has 0 atom stereocenters. The van der Waals surface area contributed by atoms with E-state index in [1.807, 2.05) is 0 Å². The van der Waals surface area contributed by atoms with Gasteiger partial charge in [0.25, 0.3) is 0 Å². The molecular weight excluding hydrogens is 291 g/mol. The molecule has 68 valence electrons. The first-order valence-electron chi connectivity index (χ1n) is 3.19. The molecule has 2 nitrogen and oxygen atoms in total. The molecule has 0 heterocycles. The second-order valence-electron chi connectivity index (χ2n) is 2.10. The zero-order valence-electron chi connectivity index (χ0n) is 6.31. The maximum absolute atomic E-state index is 11.4. The molecule has 0 aliphatic heterocycles. The topological polar surface area (TPSA) is 34.1 Å². The van der Waals surface area contributed by atoms with Crippen molar-refractivity contribution in [2.45, 2.75) is 4.90 Å². The van der Waals surface area contributed by atoms with Crippen molar-refractivity contribution in [3.63, 3.8) is 0 Å². The van der Waals surface area contributed by atoms with Crippen LogP contribution in [0.5, 0.6) is 0 Å². The molecule has 0 saturated carbocycles. The van der Waals surface area contributed by atoms with Crippen LogP contribution in [-0.4, -0.2) is 13.9 Å². The molecule has 1 aromatic rings. The minimum absolute atomic E-state index is 0.266.